The predicted octanol–water partition coefficient (Wildman–Crippen LogP) is 4.60. The van der Waals surface area contributed by atoms with E-state index in [-0.39, 0.29) is 12.5 Å². The number of nitrogens with zero attached hydrogens (tertiary/aromatic N) is 5. The molecule has 36 heavy (non-hydrogen) atoms. The van der Waals surface area contributed by atoms with Crippen molar-refractivity contribution in [3.63, 3.8) is 0 Å². The van der Waals surface area contributed by atoms with Gasteiger partial charge in [0.1, 0.15) is 23.8 Å². The smallest absolute Gasteiger partial charge is 0.417 e. The van der Waals surface area contributed by atoms with Crippen LogP contribution in [0, 0.1) is 6.92 Å². The zero-order valence-corrected chi connectivity index (χ0v) is 19.6. The van der Waals surface area contributed by atoms with Crippen molar-refractivity contribution in [2.45, 2.75) is 19.7 Å². The first kappa shape index (κ1) is 23.7. The van der Waals surface area contributed by atoms with Crippen molar-refractivity contribution in [3.05, 3.63) is 89.5 Å². The summed E-state index contributed by atoms with van der Waals surface area (Å²) >= 11 is 0. The standard InChI is InChI=1S/C26H24F3N5O2/c1-18-5-7-24-31-21(16-34(24)15-18)17-36-22-4-2-3-19(13-22)25(35)33-11-9-32(10-12-33)23-8-6-20(14-30-23)26(27,28)29/h2-8,13-16H,9-12,17H2,1H3. The van der Waals surface area contributed by atoms with Crippen LogP contribution in [0.1, 0.15) is 27.2 Å². The van der Waals surface area contributed by atoms with Crippen LogP contribution >= 0.6 is 0 Å². The molecule has 0 unspecified atom stereocenters. The molecule has 1 saturated heterocycles. The van der Waals surface area contributed by atoms with Gasteiger partial charge in [0, 0.05) is 50.3 Å². The molecule has 10 heteroatoms. The molecular formula is C26H24F3N5O2. The maximum Gasteiger partial charge on any atom is 0.417 e. The van der Waals surface area contributed by atoms with Gasteiger partial charge in [-0.05, 0) is 48.9 Å². The Kier molecular flexibility index (Phi) is 6.26. The second kappa shape index (κ2) is 9.52. The minimum absolute atomic E-state index is 0.122. The molecule has 0 atom stereocenters. The minimum Gasteiger partial charge on any atom is -0.487 e. The lowest BCUT2D eigenvalue weighted by atomic mass is 10.1. The number of carbonyl (C=O) groups excluding carboxylic acids is 1. The van der Waals surface area contributed by atoms with Gasteiger partial charge in [-0.15, -0.1) is 0 Å². The van der Waals surface area contributed by atoms with E-state index >= 15 is 0 Å². The molecule has 4 aromatic rings. The molecule has 0 N–H and O–H groups in total. The third-order valence-corrected chi connectivity index (χ3v) is 6.08. The molecule has 0 radical (unpaired) electrons. The number of carbonyl (C=O) groups is 1. The van der Waals surface area contributed by atoms with Crippen LogP contribution in [0.25, 0.3) is 5.65 Å². The second-order valence-corrected chi connectivity index (χ2v) is 8.70. The number of anilines is 1. The minimum atomic E-state index is -4.42. The Morgan fingerprint density at radius 3 is 2.56 bits per heavy atom. The van der Waals surface area contributed by atoms with Crippen LogP contribution in [0.4, 0.5) is 19.0 Å². The lowest BCUT2D eigenvalue weighted by Gasteiger charge is -2.35. The summed E-state index contributed by atoms with van der Waals surface area (Å²) in [7, 11) is 0. The highest BCUT2D eigenvalue weighted by molar-refractivity contribution is 5.94. The molecule has 1 aliphatic rings. The van der Waals surface area contributed by atoms with Crippen LogP contribution in [0.15, 0.2) is 67.1 Å². The Morgan fingerprint density at radius 1 is 1.03 bits per heavy atom. The summed E-state index contributed by atoms with van der Waals surface area (Å²) in [5.74, 6) is 0.915. The largest absolute Gasteiger partial charge is 0.487 e. The fourth-order valence-electron chi connectivity index (χ4n) is 4.16. The van der Waals surface area contributed by atoms with Crippen molar-refractivity contribution in [2.75, 3.05) is 31.1 Å². The molecule has 0 aliphatic carbocycles. The Labute approximate surface area is 205 Å². The summed E-state index contributed by atoms with van der Waals surface area (Å²) < 4.78 is 46.2. The van der Waals surface area contributed by atoms with Gasteiger partial charge in [0.15, 0.2) is 0 Å². The zero-order chi connectivity index (χ0) is 25.3. The predicted molar refractivity (Wildman–Crippen MR) is 128 cm³/mol. The van der Waals surface area contributed by atoms with Crippen molar-refractivity contribution in [1.82, 2.24) is 19.3 Å². The molecule has 1 aliphatic heterocycles. The summed E-state index contributed by atoms with van der Waals surface area (Å²) in [6, 6.07) is 13.4. The van der Waals surface area contributed by atoms with E-state index in [1.54, 1.807) is 29.2 Å². The maximum absolute atomic E-state index is 13.1. The molecular weight excluding hydrogens is 471 g/mol. The molecule has 5 rings (SSSR count). The highest BCUT2D eigenvalue weighted by atomic mass is 19.4. The molecule has 0 saturated carbocycles. The van der Waals surface area contributed by atoms with Crippen LogP contribution in [0.2, 0.25) is 0 Å². The number of fused-ring (bicyclic) bond motifs is 1. The van der Waals surface area contributed by atoms with E-state index in [0.29, 0.717) is 43.3 Å². The number of amides is 1. The van der Waals surface area contributed by atoms with E-state index in [9.17, 15) is 18.0 Å². The number of imidazole rings is 1. The van der Waals surface area contributed by atoms with Gasteiger partial charge in [0.05, 0.1) is 11.3 Å². The van der Waals surface area contributed by atoms with E-state index in [1.807, 2.05) is 40.8 Å². The van der Waals surface area contributed by atoms with Crippen LogP contribution in [-0.4, -0.2) is 51.4 Å². The van der Waals surface area contributed by atoms with E-state index in [2.05, 4.69) is 9.97 Å². The van der Waals surface area contributed by atoms with Gasteiger partial charge in [-0.1, -0.05) is 12.1 Å². The number of halogens is 3. The Bertz CT molecular complexity index is 1380. The topological polar surface area (TPSA) is 63.0 Å². The number of pyridine rings is 2. The van der Waals surface area contributed by atoms with Crippen molar-refractivity contribution < 1.29 is 22.7 Å². The average molecular weight is 496 g/mol. The summed E-state index contributed by atoms with van der Waals surface area (Å²) in [5.41, 5.74) is 2.49. The number of benzene rings is 1. The SMILES string of the molecule is Cc1ccc2nc(COc3cccc(C(=O)N4CCN(c5ccc(C(F)(F)F)cn5)CC4)c3)cn2c1. The van der Waals surface area contributed by atoms with Crippen molar-refractivity contribution >= 4 is 17.4 Å². The maximum atomic E-state index is 13.1. The fourth-order valence-corrected chi connectivity index (χ4v) is 4.16. The van der Waals surface area contributed by atoms with Crippen LogP contribution < -0.4 is 9.64 Å². The number of piperazine rings is 1. The Morgan fingerprint density at radius 2 is 1.83 bits per heavy atom. The molecule has 4 heterocycles. The number of ether oxygens (including phenoxy) is 1. The summed E-state index contributed by atoms with van der Waals surface area (Å²) in [6.45, 7) is 4.13. The third-order valence-electron chi connectivity index (χ3n) is 6.08. The molecule has 7 nitrogen and oxygen atoms in total. The van der Waals surface area contributed by atoms with E-state index in [4.69, 9.17) is 4.74 Å². The normalized spacial score (nSPS) is 14.3. The average Bonchev–Trinajstić information content (AvgIpc) is 3.29. The van der Waals surface area contributed by atoms with E-state index < -0.39 is 11.7 Å². The van der Waals surface area contributed by atoms with Crippen molar-refractivity contribution in [3.8, 4) is 5.75 Å². The first-order chi connectivity index (χ1) is 17.3. The number of aromatic nitrogens is 3. The third kappa shape index (κ3) is 5.12. The van der Waals surface area contributed by atoms with Crippen molar-refractivity contribution in [1.29, 1.82) is 0 Å². The van der Waals surface area contributed by atoms with Gasteiger partial charge >= 0.3 is 6.18 Å². The van der Waals surface area contributed by atoms with Gasteiger partial charge in [0.25, 0.3) is 5.91 Å². The number of hydrogen-bond acceptors (Lipinski definition) is 5. The van der Waals surface area contributed by atoms with Gasteiger partial charge in [-0.25, -0.2) is 9.97 Å². The van der Waals surface area contributed by atoms with Crippen LogP contribution in [0.3, 0.4) is 0 Å². The second-order valence-electron chi connectivity index (χ2n) is 8.70. The number of rotatable bonds is 5. The molecule has 0 spiro atoms. The van der Waals surface area contributed by atoms with Crippen LogP contribution in [-0.2, 0) is 12.8 Å². The molecule has 186 valence electrons. The van der Waals surface area contributed by atoms with Crippen molar-refractivity contribution in [2.24, 2.45) is 0 Å². The summed E-state index contributed by atoms with van der Waals surface area (Å²) in [5, 5.41) is 0. The first-order valence-electron chi connectivity index (χ1n) is 11.5. The molecule has 1 amide bonds. The zero-order valence-electron chi connectivity index (χ0n) is 19.6. The van der Waals surface area contributed by atoms with Gasteiger partial charge in [0.2, 0.25) is 0 Å². The van der Waals surface area contributed by atoms with E-state index in [0.717, 1.165) is 29.2 Å². The lowest BCUT2D eigenvalue weighted by molar-refractivity contribution is -0.137. The van der Waals surface area contributed by atoms with Gasteiger partial charge in [-0.3, -0.25) is 4.79 Å². The Balaban J connectivity index is 1.18. The summed E-state index contributed by atoms with van der Waals surface area (Å²) in [4.78, 5) is 25.2. The van der Waals surface area contributed by atoms with Gasteiger partial charge in [-0.2, -0.15) is 13.2 Å². The highest BCUT2D eigenvalue weighted by Gasteiger charge is 2.31. The lowest BCUT2D eigenvalue weighted by Crippen LogP contribution is -2.49. The monoisotopic (exact) mass is 495 g/mol. The summed E-state index contributed by atoms with van der Waals surface area (Å²) in [6.07, 6.45) is 0.341. The highest BCUT2D eigenvalue weighted by Crippen LogP contribution is 2.29. The Hall–Kier alpha value is -4.08. The molecule has 1 fully saturated rings. The first-order valence-corrected chi connectivity index (χ1v) is 11.5. The van der Waals surface area contributed by atoms with Gasteiger partial charge < -0.3 is 18.9 Å². The van der Waals surface area contributed by atoms with E-state index in [1.165, 1.54) is 6.07 Å². The molecule has 3 aromatic heterocycles. The van der Waals surface area contributed by atoms with Crippen LogP contribution in [0.5, 0.6) is 5.75 Å². The fraction of sp³-hybridized carbons (Fsp3) is 0.269. The quantitative estimate of drug-likeness (QED) is 0.405. The number of hydrogen-bond donors (Lipinski definition) is 0. The number of alkyl halides is 3. The molecule has 1 aromatic carbocycles. The molecule has 0 bridgehead atoms. The number of aryl methyl sites for hydroxylation is 1.